The molecule has 3 aromatic heterocycles. The number of Topliss-reactive ketones (excluding diaryl/α,β-unsaturated/α-hetero) is 1. The second kappa shape index (κ2) is 54.1. The number of ether oxygens (including phenoxy) is 2. The van der Waals surface area contributed by atoms with Crippen LogP contribution in [0.2, 0.25) is 18.1 Å². The maximum absolute atomic E-state index is 13.8. The molecule has 141 heavy (non-hydrogen) atoms. The number of nitrogens with zero attached hydrogens (tertiary/aromatic N) is 7. The Morgan fingerprint density at radius 3 is 1.17 bits per heavy atom. The van der Waals surface area contributed by atoms with Gasteiger partial charge in [0.15, 0.2) is 8.32 Å². The number of terminal acetylenes is 1. The number of carbonyl (C=O) groups is 4. The Hall–Kier alpha value is -13.1. The number of H-pyrrole nitrogens is 3. The minimum absolute atomic E-state index is 0. The molecule has 0 saturated heterocycles. The van der Waals surface area contributed by atoms with Gasteiger partial charge in [0.1, 0.15) is 5.78 Å². The first-order chi connectivity index (χ1) is 64.3. The van der Waals surface area contributed by atoms with Gasteiger partial charge in [-0.1, -0.05) is 101 Å². The summed E-state index contributed by atoms with van der Waals surface area (Å²) in [4.78, 5) is 123. The number of nitro groups is 7. The van der Waals surface area contributed by atoms with Crippen LogP contribution in [0.4, 0.5) is 93.3 Å². The van der Waals surface area contributed by atoms with Crippen LogP contribution in [-0.4, -0.2) is 113 Å². The summed E-state index contributed by atoms with van der Waals surface area (Å²) in [5.41, 5.74) is 14.0. The van der Waals surface area contributed by atoms with Crippen LogP contribution in [-0.2, 0) is 49.3 Å². The largest absolute Gasteiger partial charge is 0.466 e. The third kappa shape index (κ3) is 39.5. The van der Waals surface area contributed by atoms with Crippen LogP contribution in [0.25, 0.3) is 32.7 Å². The van der Waals surface area contributed by atoms with Crippen LogP contribution >= 0.6 is 56.6 Å². The molecular weight excluding hydrogens is 2100 g/mol. The van der Waals surface area contributed by atoms with Crippen molar-refractivity contribution in [3.63, 3.8) is 0 Å². The van der Waals surface area contributed by atoms with Gasteiger partial charge in [-0.15, -0.1) is 18.8 Å². The normalized spacial score (nSPS) is 11.2. The molecule has 0 aliphatic heterocycles. The van der Waals surface area contributed by atoms with E-state index in [4.69, 9.17) is 42.6 Å². The topological polar surface area (TPSA) is 556 Å². The van der Waals surface area contributed by atoms with Crippen molar-refractivity contribution in [1.82, 2.24) is 15.0 Å². The Bertz CT molecular complexity index is 6310. The highest BCUT2D eigenvalue weighted by Crippen LogP contribution is 2.41. The minimum atomic E-state index is -1.80. The van der Waals surface area contributed by atoms with Gasteiger partial charge < -0.3 is 56.5 Å². The van der Waals surface area contributed by atoms with Crippen LogP contribution in [0, 0.1) is 152 Å². The third-order valence-corrected chi connectivity index (χ3v) is 26.0. The Balaban J connectivity index is 0.000000815. The molecule has 7 aromatic carbocycles. The van der Waals surface area contributed by atoms with E-state index < -0.39 is 140 Å². The number of carbonyl (C=O) groups excluding carboxylic acids is 4. The summed E-state index contributed by atoms with van der Waals surface area (Å²) in [6.45, 7) is 41.6. The molecule has 768 valence electrons. The lowest BCUT2D eigenvalue weighted by atomic mass is 9.86. The van der Waals surface area contributed by atoms with Gasteiger partial charge in [0.2, 0.25) is 46.6 Å². The number of rotatable bonds is 25. The Labute approximate surface area is 838 Å². The molecule has 3 heterocycles. The molecular formula is C93H113Br3ClF7N14O22Si. The van der Waals surface area contributed by atoms with E-state index in [1.54, 1.807) is 60.6 Å². The van der Waals surface area contributed by atoms with E-state index in [9.17, 15) is 121 Å². The number of nitro benzene ring substituents is 7. The van der Waals surface area contributed by atoms with Crippen LogP contribution in [0.15, 0.2) is 120 Å². The van der Waals surface area contributed by atoms with Crippen LogP contribution < -0.4 is 22.5 Å². The average Bonchev–Trinajstić information content (AvgIpc) is 1.61. The zero-order valence-electron chi connectivity index (χ0n) is 81.0. The molecule has 48 heteroatoms. The molecule has 0 spiro atoms. The van der Waals surface area contributed by atoms with Crippen LogP contribution in [0.1, 0.15) is 186 Å². The van der Waals surface area contributed by atoms with Crippen LogP contribution in [0.3, 0.4) is 0 Å². The molecule has 0 bridgehead atoms. The summed E-state index contributed by atoms with van der Waals surface area (Å²) in [7, 11) is -1.80. The first-order valence-corrected chi connectivity index (χ1v) is 49.4. The van der Waals surface area contributed by atoms with Crippen molar-refractivity contribution in [2.24, 2.45) is 16.2 Å². The number of fused-ring (bicyclic) bond motifs is 3. The lowest BCUT2D eigenvalue weighted by Gasteiger charge is -2.37. The van der Waals surface area contributed by atoms with E-state index in [1.165, 1.54) is 43.3 Å². The fourth-order valence-corrected chi connectivity index (χ4v) is 13.1. The highest BCUT2D eigenvalue weighted by molar-refractivity contribution is 9.93. The number of aromatic amines is 3. The quantitative estimate of drug-likeness (QED) is 0.00501. The monoisotopic (exact) mass is 2210 g/mol. The Morgan fingerprint density at radius 1 is 0.468 bits per heavy atom. The Kier molecular flexibility index (Phi) is 48.3. The standard InChI is InChI=1S/C19H29FN2O3Si.C15H17FN2O4.C14H15FN2O3.C13H15FN2O3.C11H13FN2O3.C9H14O2.C6H4BrFN2O2.C6H5FN2O2.Br2.ClH/c1-18(2,3)26(6,7)25-9-8-19(4,5)17-11-13-10-16(22(23)24)14(20)12-15(13)21-17;1-4-22-14(19)8-15(2,3)13-6-9-5-12(18(20)21)10(16)7-11(9)17-13;1-9(18)8-14(2,3)5-4-10-6-13(17(19)20)11(15)7-12(10)16;1-13(2,3-4-17)12-6-8-5-11(16(18)19)9(14)7-10(8)15-12;1-11(2,3)10(15)13-7-4-5-9(14(16)17)8(12)6-7;1-5-9(3,4)7-8(10)11-6-2;7-3-1-6(10(11)12)4(8)2-5(3)9;7-5-3-4(8)1-2-6(5)9(10)11;1-2;/h10-12,21H,8-9H2,1-7H3;5-7,17H,4,8H2,1-3H3;6-7H,8,16H2,1-3H3;5-7,15,17H,3-4H2,1-2H3;4-6H,1-3H3,(H,13,15);1H,6-7H2,2-4H3;1-2H,9H2;1-3H,8H2;;1H. The third-order valence-electron chi connectivity index (χ3n) is 20.8. The molecule has 0 fully saturated rings. The number of esters is 2. The van der Waals surface area contributed by atoms with Gasteiger partial charge in [-0.3, -0.25) is 90.0 Å². The summed E-state index contributed by atoms with van der Waals surface area (Å²) in [5.74, 6) is 0.814. The first-order valence-electron chi connectivity index (χ1n) is 42.0. The van der Waals surface area contributed by atoms with Gasteiger partial charge >= 0.3 is 51.8 Å². The van der Waals surface area contributed by atoms with Gasteiger partial charge in [0.25, 0.3) is 0 Å². The first kappa shape index (κ1) is 126. The van der Waals surface area contributed by atoms with Crippen LogP contribution in [0.5, 0.6) is 0 Å². The number of aliphatic hydroxyl groups excluding tert-OH is 1. The molecule has 36 nitrogen and oxygen atoms in total. The number of ketones is 1. The number of hydrogen-bond donors (Lipinski definition) is 8. The molecule has 10 rings (SSSR count). The van der Waals surface area contributed by atoms with Crippen molar-refractivity contribution in [1.29, 1.82) is 0 Å². The Morgan fingerprint density at radius 2 is 0.816 bits per heavy atom. The summed E-state index contributed by atoms with van der Waals surface area (Å²) < 4.78 is 109. The van der Waals surface area contributed by atoms with E-state index in [2.05, 4.69) is 130 Å². The van der Waals surface area contributed by atoms with E-state index in [0.717, 1.165) is 78.5 Å². The summed E-state index contributed by atoms with van der Waals surface area (Å²) in [6.07, 6.45) is 7.23. The number of hydrogen-bond acceptors (Lipinski definition) is 25. The molecule has 10 aromatic rings. The van der Waals surface area contributed by atoms with E-state index in [1.807, 2.05) is 47.6 Å². The molecule has 0 unspecified atom stereocenters. The summed E-state index contributed by atoms with van der Waals surface area (Å²) in [6, 6.07) is 22.7. The number of aliphatic hydroxyl groups is 1. The second-order valence-corrected chi connectivity index (χ2v) is 42.5. The van der Waals surface area contributed by atoms with Gasteiger partial charge in [-0.25, -0.2) is 0 Å². The fraction of sp³-hybridized carbons (Fsp3) is 0.398. The zero-order chi connectivity index (χ0) is 108. The van der Waals surface area contributed by atoms with E-state index in [-0.39, 0.29) is 112 Å². The molecule has 1 amide bonds. The minimum Gasteiger partial charge on any atom is -0.466 e. The number of nitrogens with two attached hydrogens (primary N) is 3. The lowest BCUT2D eigenvalue weighted by Crippen LogP contribution is -2.41. The van der Waals surface area contributed by atoms with Crippen molar-refractivity contribution in [3.05, 3.63) is 254 Å². The predicted octanol–water partition coefficient (Wildman–Crippen LogP) is 24.7. The maximum atomic E-state index is 13.8. The molecule has 11 N–H and O–H groups in total. The number of amides is 1. The van der Waals surface area contributed by atoms with Crippen molar-refractivity contribution < 1.29 is 103 Å². The summed E-state index contributed by atoms with van der Waals surface area (Å²) >= 11 is 8.45. The van der Waals surface area contributed by atoms with Gasteiger partial charge in [0.05, 0.1) is 71.8 Å². The zero-order valence-corrected chi connectivity index (χ0v) is 87.6. The molecule has 0 aliphatic carbocycles. The second-order valence-electron chi connectivity index (χ2n) is 36.8. The van der Waals surface area contributed by atoms with Crippen molar-refractivity contribution in [2.45, 2.75) is 198 Å². The number of halogens is 11. The predicted molar refractivity (Wildman–Crippen MR) is 541 cm³/mol. The lowest BCUT2D eigenvalue weighted by molar-refractivity contribution is -0.387. The smallest absolute Gasteiger partial charge is 0.307 e. The number of nitrogens with one attached hydrogen (secondary N) is 4. The van der Waals surface area contributed by atoms with Gasteiger partial charge in [0, 0.05) is 237 Å². The fourth-order valence-electron chi connectivity index (χ4n) is 11.7. The number of aromatic nitrogens is 3. The van der Waals surface area contributed by atoms with Crippen molar-refractivity contribution in [3.8, 4) is 24.2 Å². The SMILES string of the molecule is BrBr.C#CC(C)(C)CC(=O)OCC.CC(=O)CC(C)(C)C#Cc1cc([N+](=O)[O-])c(F)cc1N.CC(C)(C)C(=O)Nc1ccc([N+](=O)[O-])c(F)c1.CC(C)(CCO)c1cc2cc([N+](=O)[O-])c(F)cc2[nH]1.CC(C)(CCO[Si](C)(C)C(C)(C)C)c1cc2cc([N+](=O)[O-])c(F)cc2[nH]1.CCOC(=O)CC(C)(C)c1cc2cc([N+](=O)[O-])c(F)cc2[nH]1.Cl.Nc1cc(F)c([N+](=O)[O-])cc1Br.Nc1ccc([N+](=O)[O-])c(F)c1. The summed E-state index contributed by atoms with van der Waals surface area (Å²) in [5, 5.41) is 87.2. The number of nitrogen functional groups attached to an aromatic ring is 3. The highest BCUT2D eigenvalue weighted by Gasteiger charge is 2.38. The van der Waals surface area contributed by atoms with E-state index >= 15 is 0 Å². The number of anilines is 4. The van der Waals surface area contributed by atoms with Gasteiger partial charge in [-0.2, -0.15) is 30.7 Å². The molecule has 0 saturated carbocycles. The molecule has 0 atom stereocenters. The highest BCUT2D eigenvalue weighted by atomic mass is 80.9. The van der Waals surface area contributed by atoms with E-state index in [0.29, 0.717) is 69.1 Å². The number of benzene rings is 7. The van der Waals surface area contributed by atoms with Crippen molar-refractivity contribution in [2.75, 3.05) is 48.9 Å². The average molecular weight is 2220 g/mol. The van der Waals surface area contributed by atoms with Crippen molar-refractivity contribution >= 4 is 184 Å². The molecule has 0 radical (unpaired) electrons. The maximum Gasteiger partial charge on any atom is 0.307 e. The van der Waals surface area contributed by atoms with Gasteiger partial charge in [-0.05, 0) is 126 Å². The molecule has 0 aliphatic rings.